The number of amides is 2. The number of rotatable bonds is 5. The number of hydrogen-bond acceptors (Lipinski definition) is 3. The monoisotopic (exact) mass is 334 g/mol. The van der Waals surface area contributed by atoms with Gasteiger partial charge < -0.3 is 15.7 Å². The minimum Gasteiger partial charge on any atom is -0.388 e. The highest BCUT2D eigenvalue weighted by Crippen LogP contribution is 2.55. The minimum absolute atomic E-state index is 0.0514. The molecule has 4 fully saturated rings. The van der Waals surface area contributed by atoms with Crippen LogP contribution in [-0.4, -0.2) is 23.2 Å². The average Bonchev–Trinajstić information content (AvgIpc) is 2.99. The zero-order valence-corrected chi connectivity index (χ0v) is 14.3. The molecule has 1 aromatic heterocycles. The topological polar surface area (TPSA) is 61.4 Å². The Balaban J connectivity index is 1.26. The summed E-state index contributed by atoms with van der Waals surface area (Å²) < 4.78 is 0. The molecular formula is C18H26N2O2S. The van der Waals surface area contributed by atoms with Gasteiger partial charge in [0.2, 0.25) is 0 Å². The zero-order valence-electron chi connectivity index (χ0n) is 13.5. The number of hydrogen-bond donors (Lipinski definition) is 3. The molecule has 2 amide bonds. The largest absolute Gasteiger partial charge is 0.388 e. The highest BCUT2D eigenvalue weighted by molar-refractivity contribution is 7.07. The van der Waals surface area contributed by atoms with Crippen molar-refractivity contribution < 1.29 is 9.90 Å². The van der Waals surface area contributed by atoms with Gasteiger partial charge >= 0.3 is 6.03 Å². The average molecular weight is 334 g/mol. The lowest BCUT2D eigenvalue weighted by atomic mass is 9.53. The molecule has 3 N–H and O–H groups in total. The van der Waals surface area contributed by atoms with Gasteiger partial charge in [0.1, 0.15) is 0 Å². The number of urea groups is 1. The molecule has 5 rings (SSSR count). The molecule has 0 aromatic carbocycles. The Kier molecular flexibility index (Phi) is 4.10. The van der Waals surface area contributed by atoms with E-state index in [1.54, 1.807) is 11.3 Å². The second-order valence-corrected chi connectivity index (χ2v) is 8.72. The lowest BCUT2D eigenvalue weighted by Crippen LogP contribution is -2.61. The molecule has 0 spiro atoms. The van der Waals surface area contributed by atoms with E-state index >= 15 is 0 Å². The van der Waals surface area contributed by atoms with E-state index in [2.05, 4.69) is 10.6 Å². The summed E-state index contributed by atoms with van der Waals surface area (Å²) in [7, 11) is 0. The molecule has 0 radical (unpaired) electrons. The number of aliphatic hydroxyl groups excluding tert-OH is 1. The van der Waals surface area contributed by atoms with Gasteiger partial charge in [-0.05, 0) is 85.1 Å². The van der Waals surface area contributed by atoms with Crippen molar-refractivity contribution >= 4 is 17.4 Å². The van der Waals surface area contributed by atoms with Crippen LogP contribution in [0.4, 0.5) is 4.79 Å². The third-order valence-electron chi connectivity index (χ3n) is 6.05. The predicted molar refractivity (Wildman–Crippen MR) is 91.3 cm³/mol. The normalized spacial score (nSPS) is 36.0. The Morgan fingerprint density at radius 2 is 1.91 bits per heavy atom. The van der Waals surface area contributed by atoms with Crippen molar-refractivity contribution in [1.29, 1.82) is 0 Å². The molecule has 0 saturated heterocycles. The molecular weight excluding hydrogens is 308 g/mol. The van der Waals surface area contributed by atoms with Crippen molar-refractivity contribution in [3.05, 3.63) is 22.4 Å². The molecule has 126 valence electrons. The first-order chi connectivity index (χ1) is 11.1. The van der Waals surface area contributed by atoms with Crippen LogP contribution in [0.25, 0.3) is 0 Å². The van der Waals surface area contributed by atoms with Gasteiger partial charge in [-0.25, -0.2) is 4.79 Å². The fraction of sp³-hybridized carbons (Fsp3) is 0.722. The summed E-state index contributed by atoms with van der Waals surface area (Å²) in [5.74, 6) is 2.51. The second-order valence-electron chi connectivity index (χ2n) is 7.94. The van der Waals surface area contributed by atoms with Gasteiger partial charge in [-0.2, -0.15) is 11.3 Å². The van der Waals surface area contributed by atoms with Crippen LogP contribution in [0.2, 0.25) is 0 Å². The van der Waals surface area contributed by atoms with Gasteiger partial charge in [0, 0.05) is 12.1 Å². The molecule has 23 heavy (non-hydrogen) atoms. The maximum Gasteiger partial charge on any atom is 0.315 e. The molecule has 0 unspecified atom stereocenters. The van der Waals surface area contributed by atoms with E-state index < -0.39 is 6.10 Å². The van der Waals surface area contributed by atoms with Gasteiger partial charge in [-0.3, -0.25) is 0 Å². The summed E-state index contributed by atoms with van der Waals surface area (Å²) >= 11 is 1.58. The Hall–Kier alpha value is -1.07. The Morgan fingerprint density at radius 1 is 1.26 bits per heavy atom. The number of nitrogens with one attached hydrogen (secondary N) is 2. The maximum atomic E-state index is 12.3. The molecule has 0 aliphatic heterocycles. The van der Waals surface area contributed by atoms with Crippen LogP contribution in [0.3, 0.4) is 0 Å². The predicted octanol–water partition coefficient (Wildman–Crippen LogP) is 3.44. The molecule has 4 bridgehead atoms. The van der Waals surface area contributed by atoms with Crippen LogP contribution in [0.5, 0.6) is 0 Å². The van der Waals surface area contributed by atoms with Crippen molar-refractivity contribution in [3.63, 3.8) is 0 Å². The van der Waals surface area contributed by atoms with Gasteiger partial charge in [-0.15, -0.1) is 0 Å². The third kappa shape index (κ3) is 3.26. The first-order valence-corrected chi connectivity index (χ1v) is 9.82. The maximum absolute atomic E-state index is 12.3. The minimum atomic E-state index is -0.485. The van der Waals surface area contributed by atoms with E-state index in [1.807, 2.05) is 16.8 Å². The van der Waals surface area contributed by atoms with Crippen molar-refractivity contribution in [2.24, 2.45) is 17.8 Å². The molecule has 1 aromatic rings. The molecule has 4 aliphatic carbocycles. The second kappa shape index (κ2) is 6.10. The van der Waals surface area contributed by atoms with Crippen LogP contribution in [-0.2, 0) is 0 Å². The Morgan fingerprint density at radius 3 is 2.48 bits per heavy atom. The molecule has 4 aliphatic rings. The number of carbonyl (C=O) groups excluding carboxylic acids is 1. The van der Waals surface area contributed by atoms with Crippen molar-refractivity contribution in [1.82, 2.24) is 10.6 Å². The van der Waals surface area contributed by atoms with Crippen LogP contribution < -0.4 is 10.6 Å². The van der Waals surface area contributed by atoms with Gasteiger partial charge in [0.05, 0.1) is 6.10 Å². The van der Waals surface area contributed by atoms with Crippen molar-refractivity contribution in [2.45, 2.75) is 56.6 Å². The molecule has 4 nitrogen and oxygen atoms in total. The fourth-order valence-electron chi connectivity index (χ4n) is 5.50. The lowest BCUT2D eigenvalue weighted by molar-refractivity contribution is -0.0135. The zero-order chi connectivity index (χ0) is 15.9. The SMILES string of the molecule is O=C(NCC[C@@H](O)c1ccsc1)NC12CC3CC(CC(C3)C1)C2. The van der Waals surface area contributed by atoms with E-state index in [1.165, 1.54) is 38.5 Å². The molecule has 4 saturated carbocycles. The summed E-state index contributed by atoms with van der Waals surface area (Å²) in [5.41, 5.74) is 1.00. The first-order valence-electron chi connectivity index (χ1n) is 8.88. The number of thiophene rings is 1. The lowest BCUT2D eigenvalue weighted by Gasteiger charge is -2.56. The third-order valence-corrected chi connectivity index (χ3v) is 6.75. The summed E-state index contributed by atoms with van der Waals surface area (Å²) in [6.07, 6.45) is 7.74. The van der Waals surface area contributed by atoms with Crippen molar-refractivity contribution in [2.75, 3.05) is 6.54 Å². The standard InChI is InChI=1S/C18H26N2O2S/c21-16(15-2-4-23-11-15)1-3-19-17(22)20-18-8-12-5-13(9-18)7-14(6-12)10-18/h2,4,11-14,16,21H,1,3,5-10H2,(H2,19,20,22)/t12?,13?,14?,16-,18?/m1/s1. The quantitative estimate of drug-likeness (QED) is 0.772. The van der Waals surface area contributed by atoms with Crippen LogP contribution in [0.1, 0.15) is 56.6 Å². The van der Waals surface area contributed by atoms with Gasteiger partial charge in [-0.1, -0.05) is 0 Å². The molecule has 1 atom stereocenters. The highest BCUT2D eigenvalue weighted by Gasteiger charge is 2.51. The van der Waals surface area contributed by atoms with E-state index in [0.717, 1.165) is 23.3 Å². The van der Waals surface area contributed by atoms with E-state index in [-0.39, 0.29) is 11.6 Å². The Labute approximate surface area is 141 Å². The summed E-state index contributed by atoms with van der Waals surface area (Å²) in [6.45, 7) is 0.509. The summed E-state index contributed by atoms with van der Waals surface area (Å²) in [6, 6.07) is 1.88. The molecule has 5 heteroatoms. The van der Waals surface area contributed by atoms with Gasteiger partial charge in [0.15, 0.2) is 0 Å². The smallest absolute Gasteiger partial charge is 0.315 e. The summed E-state index contributed by atoms with van der Waals surface area (Å²) in [5, 5.41) is 20.2. The number of aliphatic hydroxyl groups is 1. The van der Waals surface area contributed by atoms with Gasteiger partial charge in [0.25, 0.3) is 0 Å². The molecule has 1 heterocycles. The first kappa shape index (κ1) is 15.5. The van der Waals surface area contributed by atoms with Crippen LogP contribution in [0, 0.1) is 17.8 Å². The Bertz CT molecular complexity index is 522. The number of carbonyl (C=O) groups is 1. The summed E-state index contributed by atoms with van der Waals surface area (Å²) in [4.78, 5) is 12.3. The van der Waals surface area contributed by atoms with E-state index in [4.69, 9.17) is 0 Å². The van der Waals surface area contributed by atoms with Crippen LogP contribution >= 0.6 is 11.3 Å². The van der Waals surface area contributed by atoms with Crippen LogP contribution in [0.15, 0.2) is 16.8 Å². The fourth-order valence-corrected chi connectivity index (χ4v) is 6.21. The highest BCUT2D eigenvalue weighted by atomic mass is 32.1. The van der Waals surface area contributed by atoms with E-state index in [0.29, 0.717) is 13.0 Å². The van der Waals surface area contributed by atoms with E-state index in [9.17, 15) is 9.90 Å². The van der Waals surface area contributed by atoms with Crippen molar-refractivity contribution in [3.8, 4) is 0 Å².